The maximum atomic E-state index is 13.0. The molecule has 0 aliphatic carbocycles. The monoisotopic (exact) mass is 278 g/mol. The largest absolute Gasteiger partial charge is 0.489 e. The molecule has 0 saturated heterocycles. The molecule has 19 heavy (non-hydrogen) atoms. The van der Waals surface area contributed by atoms with Crippen LogP contribution in [0, 0.1) is 5.82 Å². The molecule has 0 amide bonds. The zero-order valence-electron chi connectivity index (χ0n) is 10.3. The molecule has 2 rings (SSSR count). The van der Waals surface area contributed by atoms with E-state index in [0.717, 1.165) is 5.56 Å². The van der Waals surface area contributed by atoms with E-state index in [9.17, 15) is 9.18 Å². The van der Waals surface area contributed by atoms with Gasteiger partial charge in [0.1, 0.15) is 18.2 Å². The molecule has 0 atom stereocenters. The number of carbonyl (C=O) groups excluding carboxylic acids is 1. The summed E-state index contributed by atoms with van der Waals surface area (Å²) in [6, 6.07) is 11.3. The van der Waals surface area contributed by atoms with Crippen LogP contribution in [0.5, 0.6) is 5.75 Å². The quantitative estimate of drug-likeness (QED) is 0.781. The average Bonchev–Trinajstić information content (AvgIpc) is 2.40. The molecule has 0 heterocycles. The number of carbonyl (C=O) groups is 1. The van der Waals surface area contributed by atoms with Crippen LogP contribution in [0.3, 0.4) is 0 Å². The Labute approximate surface area is 115 Å². The summed E-state index contributed by atoms with van der Waals surface area (Å²) in [7, 11) is 0. The average molecular weight is 279 g/mol. The minimum atomic E-state index is -0.455. The van der Waals surface area contributed by atoms with E-state index < -0.39 is 5.82 Å². The van der Waals surface area contributed by atoms with Crippen molar-refractivity contribution in [2.75, 3.05) is 0 Å². The molecular formula is C15H12ClFO2. The van der Waals surface area contributed by atoms with Crippen molar-refractivity contribution in [3.8, 4) is 5.75 Å². The standard InChI is InChI=1S/C15H12ClFO2/c1-10(18)12-3-2-4-13(8-12)19-9-11-5-6-15(17)14(16)7-11/h2-8H,9H2,1H3. The second-order valence-corrected chi connectivity index (χ2v) is 4.53. The van der Waals surface area contributed by atoms with Crippen LogP contribution in [0.15, 0.2) is 42.5 Å². The molecule has 0 unspecified atom stereocenters. The minimum absolute atomic E-state index is 0.0183. The molecule has 0 aromatic heterocycles. The van der Waals surface area contributed by atoms with Gasteiger partial charge in [-0.05, 0) is 36.8 Å². The lowest BCUT2D eigenvalue weighted by molar-refractivity contribution is 0.101. The number of ketones is 1. The number of halogens is 2. The predicted molar refractivity (Wildman–Crippen MR) is 72.2 cm³/mol. The van der Waals surface area contributed by atoms with Crippen LogP contribution in [-0.4, -0.2) is 5.78 Å². The Hall–Kier alpha value is -1.87. The van der Waals surface area contributed by atoms with Gasteiger partial charge in [0.25, 0.3) is 0 Å². The molecule has 2 aromatic rings. The van der Waals surface area contributed by atoms with Crippen molar-refractivity contribution in [2.24, 2.45) is 0 Å². The van der Waals surface area contributed by atoms with E-state index in [-0.39, 0.29) is 17.4 Å². The van der Waals surface area contributed by atoms with E-state index in [4.69, 9.17) is 16.3 Å². The van der Waals surface area contributed by atoms with Crippen molar-refractivity contribution < 1.29 is 13.9 Å². The number of hydrogen-bond donors (Lipinski definition) is 0. The second-order valence-electron chi connectivity index (χ2n) is 4.12. The molecule has 0 aliphatic heterocycles. The fraction of sp³-hybridized carbons (Fsp3) is 0.133. The first-order chi connectivity index (χ1) is 9.06. The molecule has 0 saturated carbocycles. The van der Waals surface area contributed by atoms with Gasteiger partial charge in [-0.15, -0.1) is 0 Å². The van der Waals surface area contributed by atoms with E-state index >= 15 is 0 Å². The van der Waals surface area contributed by atoms with E-state index in [1.807, 2.05) is 0 Å². The first-order valence-electron chi connectivity index (χ1n) is 5.74. The Bertz CT molecular complexity index is 611. The molecule has 2 nitrogen and oxygen atoms in total. The fourth-order valence-electron chi connectivity index (χ4n) is 1.60. The topological polar surface area (TPSA) is 26.3 Å². The highest BCUT2D eigenvalue weighted by Gasteiger charge is 2.04. The third-order valence-corrected chi connectivity index (χ3v) is 2.92. The molecule has 0 spiro atoms. The smallest absolute Gasteiger partial charge is 0.159 e. The maximum absolute atomic E-state index is 13.0. The number of hydrogen-bond acceptors (Lipinski definition) is 2. The number of Topliss-reactive ketones (excluding diaryl/α,β-unsaturated/α-hetero) is 1. The first kappa shape index (κ1) is 13.6. The van der Waals surface area contributed by atoms with Gasteiger partial charge in [-0.25, -0.2) is 4.39 Å². The van der Waals surface area contributed by atoms with Crippen LogP contribution in [0.2, 0.25) is 5.02 Å². The van der Waals surface area contributed by atoms with Crippen molar-refractivity contribution in [1.29, 1.82) is 0 Å². The Kier molecular flexibility index (Phi) is 4.17. The molecule has 0 aliphatic rings. The van der Waals surface area contributed by atoms with E-state index in [2.05, 4.69) is 0 Å². The van der Waals surface area contributed by atoms with Crippen LogP contribution in [-0.2, 0) is 6.61 Å². The molecule has 0 fully saturated rings. The molecular weight excluding hydrogens is 267 g/mol. The Balaban J connectivity index is 2.07. The van der Waals surface area contributed by atoms with Gasteiger partial charge < -0.3 is 4.74 Å². The van der Waals surface area contributed by atoms with Crippen LogP contribution >= 0.6 is 11.6 Å². The number of benzene rings is 2. The van der Waals surface area contributed by atoms with Gasteiger partial charge in [-0.1, -0.05) is 29.8 Å². The van der Waals surface area contributed by atoms with Crippen molar-refractivity contribution in [3.05, 3.63) is 64.4 Å². The first-order valence-corrected chi connectivity index (χ1v) is 6.12. The lowest BCUT2D eigenvalue weighted by Crippen LogP contribution is -1.98. The third kappa shape index (κ3) is 3.55. The molecule has 2 aromatic carbocycles. The van der Waals surface area contributed by atoms with Gasteiger partial charge >= 0.3 is 0 Å². The van der Waals surface area contributed by atoms with Gasteiger partial charge in [0.2, 0.25) is 0 Å². The van der Waals surface area contributed by atoms with Gasteiger partial charge in [-0.2, -0.15) is 0 Å². The summed E-state index contributed by atoms with van der Waals surface area (Å²) in [5.41, 5.74) is 1.36. The van der Waals surface area contributed by atoms with Gasteiger partial charge in [-0.3, -0.25) is 4.79 Å². The minimum Gasteiger partial charge on any atom is -0.489 e. The SMILES string of the molecule is CC(=O)c1cccc(OCc2ccc(F)c(Cl)c2)c1. The Morgan fingerprint density at radius 3 is 2.74 bits per heavy atom. The summed E-state index contributed by atoms with van der Waals surface area (Å²) in [6.45, 7) is 1.76. The fourth-order valence-corrected chi connectivity index (χ4v) is 1.80. The predicted octanol–water partition coefficient (Wildman–Crippen LogP) is 4.26. The lowest BCUT2D eigenvalue weighted by atomic mass is 10.1. The van der Waals surface area contributed by atoms with Crippen molar-refractivity contribution in [2.45, 2.75) is 13.5 Å². The lowest BCUT2D eigenvalue weighted by Gasteiger charge is -2.07. The highest BCUT2D eigenvalue weighted by molar-refractivity contribution is 6.30. The number of rotatable bonds is 4. The van der Waals surface area contributed by atoms with Gasteiger partial charge in [0.05, 0.1) is 5.02 Å². The second kappa shape index (κ2) is 5.85. The zero-order valence-corrected chi connectivity index (χ0v) is 11.1. The summed E-state index contributed by atoms with van der Waals surface area (Å²) in [4.78, 5) is 11.2. The van der Waals surface area contributed by atoms with E-state index in [1.54, 1.807) is 30.3 Å². The molecule has 98 valence electrons. The maximum Gasteiger partial charge on any atom is 0.159 e. The molecule has 0 N–H and O–H groups in total. The van der Waals surface area contributed by atoms with Crippen LogP contribution in [0.25, 0.3) is 0 Å². The summed E-state index contributed by atoms with van der Waals surface area (Å²) < 4.78 is 18.5. The van der Waals surface area contributed by atoms with Crippen molar-refractivity contribution >= 4 is 17.4 Å². The summed E-state index contributed by atoms with van der Waals surface area (Å²) in [5.74, 6) is 0.118. The van der Waals surface area contributed by atoms with E-state index in [0.29, 0.717) is 11.3 Å². The third-order valence-electron chi connectivity index (χ3n) is 2.63. The van der Waals surface area contributed by atoms with E-state index in [1.165, 1.54) is 19.1 Å². The highest BCUT2D eigenvalue weighted by atomic mass is 35.5. The molecule has 4 heteroatoms. The normalized spacial score (nSPS) is 10.3. The Morgan fingerprint density at radius 2 is 2.05 bits per heavy atom. The summed E-state index contributed by atoms with van der Waals surface area (Å²) >= 11 is 5.69. The summed E-state index contributed by atoms with van der Waals surface area (Å²) in [6.07, 6.45) is 0. The highest BCUT2D eigenvalue weighted by Crippen LogP contribution is 2.19. The molecule has 0 bridgehead atoms. The van der Waals surface area contributed by atoms with Crippen molar-refractivity contribution in [1.82, 2.24) is 0 Å². The molecule has 0 radical (unpaired) electrons. The Morgan fingerprint density at radius 1 is 1.26 bits per heavy atom. The number of ether oxygens (including phenoxy) is 1. The van der Waals surface area contributed by atoms with Crippen LogP contribution < -0.4 is 4.74 Å². The van der Waals surface area contributed by atoms with Gasteiger partial charge in [0.15, 0.2) is 5.78 Å². The van der Waals surface area contributed by atoms with Crippen molar-refractivity contribution in [3.63, 3.8) is 0 Å². The van der Waals surface area contributed by atoms with Gasteiger partial charge in [0, 0.05) is 5.56 Å². The van der Waals surface area contributed by atoms with Crippen LogP contribution in [0.4, 0.5) is 4.39 Å². The zero-order chi connectivity index (χ0) is 13.8. The van der Waals surface area contributed by atoms with Crippen LogP contribution in [0.1, 0.15) is 22.8 Å². The summed E-state index contributed by atoms with van der Waals surface area (Å²) in [5, 5.41) is 0.0681.